The summed E-state index contributed by atoms with van der Waals surface area (Å²) in [5.74, 6) is 0.110. The minimum absolute atomic E-state index is 0.110. The third-order valence-corrected chi connectivity index (χ3v) is 4.03. The SMILES string of the molecule is CCc1cc(C(=O)N2CCCN(CCN)CC2)n(CC)n1. The van der Waals surface area contributed by atoms with E-state index in [1.54, 1.807) is 0 Å². The van der Waals surface area contributed by atoms with Gasteiger partial charge >= 0.3 is 0 Å². The Morgan fingerprint density at radius 3 is 2.76 bits per heavy atom. The molecule has 1 aliphatic heterocycles. The normalized spacial score (nSPS) is 17.0. The minimum atomic E-state index is 0.110. The summed E-state index contributed by atoms with van der Waals surface area (Å²) in [6.45, 7) is 9.92. The van der Waals surface area contributed by atoms with E-state index in [1.165, 1.54) is 0 Å². The monoisotopic (exact) mass is 293 g/mol. The second-order valence-electron chi connectivity index (χ2n) is 5.47. The summed E-state index contributed by atoms with van der Waals surface area (Å²) in [4.78, 5) is 17.0. The number of carbonyl (C=O) groups is 1. The Morgan fingerprint density at radius 2 is 2.10 bits per heavy atom. The lowest BCUT2D eigenvalue weighted by atomic mass is 10.2. The number of aromatic nitrogens is 2. The van der Waals surface area contributed by atoms with Gasteiger partial charge in [-0.25, -0.2) is 0 Å². The first-order valence-electron chi connectivity index (χ1n) is 7.98. The van der Waals surface area contributed by atoms with Gasteiger partial charge in [0.1, 0.15) is 5.69 Å². The number of nitrogens with zero attached hydrogens (tertiary/aromatic N) is 4. The molecule has 1 aliphatic rings. The van der Waals surface area contributed by atoms with Crippen molar-refractivity contribution in [1.82, 2.24) is 19.6 Å². The van der Waals surface area contributed by atoms with E-state index in [4.69, 9.17) is 5.73 Å². The fourth-order valence-corrected chi connectivity index (χ4v) is 2.80. The predicted octanol–water partition coefficient (Wildman–Crippen LogP) is 0.572. The molecule has 0 aliphatic carbocycles. The highest BCUT2D eigenvalue weighted by molar-refractivity contribution is 5.92. The lowest BCUT2D eigenvalue weighted by Crippen LogP contribution is -2.37. The lowest BCUT2D eigenvalue weighted by molar-refractivity contribution is 0.0749. The van der Waals surface area contributed by atoms with E-state index in [1.807, 2.05) is 22.6 Å². The molecule has 0 atom stereocenters. The molecule has 0 spiro atoms. The smallest absolute Gasteiger partial charge is 0.272 e. The Labute approximate surface area is 126 Å². The van der Waals surface area contributed by atoms with Gasteiger partial charge in [-0.3, -0.25) is 9.48 Å². The van der Waals surface area contributed by atoms with Crippen LogP contribution in [0.15, 0.2) is 6.07 Å². The van der Waals surface area contributed by atoms with Crippen molar-refractivity contribution in [2.75, 3.05) is 39.3 Å². The Bertz CT molecular complexity index is 471. The predicted molar refractivity (Wildman–Crippen MR) is 83.3 cm³/mol. The summed E-state index contributed by atoms with van der Waals surface area (Å²) in [7, 11) is 0. The molecule has 2 N–H and O–H groups in total. The minimum Gasteiger partial charge on any atom is -0.336 e. The molecule has 2 rings (SSSR count). The van der Waals surface area contributed by atoms with E-state index >= 15 is 0 Å². The number of carbonyl (C=O) groups excluding carboxylic acids is 1. The molecule has 1 saturated heterocycles. The fourth-order valence-electron chi connectivity index (χ4n) is 2.80. The van der Waals surface area contributed by atoms with Gasteiger partial charge in [-0.15, -0.1) is 0 Å². The number of rotatable bonds is 5. The van der Waals surface area contributed by atoms with Gasteiger partial charge in [0.05, 0.1) is 5.69 Å². The van der Waals surface area contributed by atoms with E-state index in [0.717, 1.165) is 63.5 Å². The first-order valence-corrected chi connectivity index (χ1v) is 7.98. The van der Waals surface area contributed by atoms with Crippen LogP contribution >= 0.6 is 0 Å². The zero-order chi connectivity index (χ0) is 15.2. The summed E-state index contributed by atoms with van der Waals surface area (Å²) in [6, 6.07) is 1.94. The average Bonchev–Trinajstić information content (AvgIpc) is 2.79. The first-order chi connectivity index (χ1) is 10.2. The van der Waals surface area contributed by atoms with E-state index in [2.05, 4.69) is 16.9 Å². The van der Waals surface area contributed by atoms with Gasteiger partial charge in [-0.1, -0.05) is 6.92 Å². The summed E-state index contributed by atoms with van der Waals surface area (Å²) in [6.07, 6.45) is 1.87. The van der Waals surface area contributed by atoms with Gasteiger partial charge in [-0.05, 0) is 32.4 Å². The second-order valence-corrected chi connectivity index (χ2v) is 5.47. The summed E-state index contributed by atoms with van der Waals surface area (Å²) >= 11 is 0. The molecule has 0 saturated carbocycles. The highest BCUT2D eigenvalue weighted by Crippen LogP contribution is 2.12. The molecule has 6 nitrogen and oxygen atoms in total. The highest BCUT2D eigenvalue weighted by atomic mass is 16.2. The molecular formula is C15H27N5O. The Kier molecular flexibility index (Phi) is 5.76. The van der Waals surface area contributed by atoms with E-state index in [0.29, 0.717) is 6.54 Å². The van der Waals surface area contributed by atoms with Crippen molar-refractivity contribution in [3.63, 3.8) is 0 Å². The van der Waals surface area contributed by atoms with Gasteiger partial charge in [0.15, 0.2) is 0 Å². The number of hydrogen-bond donors (Lipinski definition) is 1. The van der Waals surface area contributed by atoms with E-state index in [-0.39, 0.29) is 5.91 Å². The van der Waals surface area contributed by atoms with Crippen molar-refractivity contribution in [2.45, 2.75) is 33.2 Å². The molecule has 1 aromatic heterocycles. The van der Waals surface area contributed by atoms with Gasteiger partial charge in [0.2, 0.25) is 0 Å². The zero-order valence-corrected chi connectivity index (χ0v) is 13.2. The molecule has 6 heteroatoms. The van der Waals surface area contributed by atoms with Crippen LogP contribution in [0.5, 0.6) is 0 Å². The maximum atomic E-state index is 12.7. The molecule has 118 valence electrons. The topological polar surface area (TPSA) is 67.4 Å². The number of nitrogens with two attached hydrogens (primary N) is 1. The van der Waals surface area contributed by atoms with Crippen LogP contribution in [0.3, 0.4) is 0 Å². The first kappa shape index (κ1) is 16.0. The average molecular weight is 293 g/mol. The highest BCUT2D eigenvalue weighted by Gasteiger charge is 2.23. The van der Waals surface area contributed by atoms with Crippen LogP contribution in [0, 0.1) is 0 Å². The molecule has 0 radical (unpaired) electrons. The Morgan fingerprint density at radius 1 is 1.29 bits per heavy atom. The molecule has 21 heavy (non-hydrogen) atoms. The number of aryl methyl sites for hydroxylation is 2. The number of hydrogen-bond acceptors (Lipinski definition) is 4. The van der Waals surface area contributed by atoms with Crippen molar-refractivity contribution in [1.29, 1.82) is 0 Å². The van der Waals surface area contributed by atoms with Gasteiger partial charge in [0.25, 0.3) is 5.91 Å². The van der Waals surface area contributed by atoms with Crippen LogP contribution in [-0.4, -0.2) is 64.8 Å². The maximum absolute atomic E-state index is 12.7. The zero-order valence-electron chi connectivity index (χ0n) is 13.2. The molecule has 1 aromatic rings. The third-order valence-electron chi connectivity index (χ3n) is 4.03. The van der Waals surface area contributed by atoms with Crippen LogP contribution in [-0.2, 0) is 13.0 Å². The van der Waals surface area contributed by atoms with E-state index in [9.17, 15) is 4.79 Å². The van der Waals surface area contributed by atoms with Crippen molar-refractivity contribution < 1.29 is 4.79 Å². The Hall–Kier alpha value is -1.40. The molecule has 1 fully saturated rings. The lowest BCUT2D eigenvalue weighted by Gasteiger charge is -2.21. The van der Waals surface area contributed by atoms with Crippen molar-refractivity contribution in [2.24, 2.45) is 5.73 Å². The molecule has 0 bridgehead atoms. The van der Waals surface area contributed by atoms with Crippen LogP contribution in [0.4, 0.5) is 0 Å². The van der Waals surface area contributed by atoms with Gasteiger partial charge < -0.3 is 15.5 Å². The third kappa shape index (κ3) is 3.83. The quantitative estimate of drug-likeness (QED) is 0.862. The van der Waals surface area contributed by atoms with Crippen molar-refractivity contribution in [3.05, 3.63) is 17.5 Å². The Balaban J connectivity index is 2.07. The summed E-state index contributed by atoms with van der Waals surface area (Å²) in [5.41, 5.74) is 7.33. The van der Waals surface area contributed by atoms with Crippen LogP contribution in [0.25, 0.3) is 0 Å². The summed E-state index contributed by atoms with van der Waals surface area (Å²) < 4.78 is 1.82. The van der Waals surface area contributed by atoms with Crippen LogP contribution < -0.4 is 5.73 Å². The molecular weight excluding hydrogens is 266 g/mol. The van der Waals surface area contributed by atoms with Crippen molar-refractivity contribution in [3.8, 4) is 0 Å². The standard InChI is InChI=1S/C15H27N5O/c1-3-13-12-14(20(4-2)17-13)15(21)19-8-5-7-18(9-6-16)10-11-19/h12H,3-11,16H2,1-2H3. The largest absolute Gasteiger partial charge is 0.336 e. The van der Waals surface area contributed by atoms with Crippen LogP contribution in [0.1, 0.15) is 36.5 Å². The van der Waals surface area contributed by atoms with Crippen LogP contribution in [0.2, 0.25) is 0 Å². The fraction of sp³-hybridized carbons (Fsp3) is 0.733. The van der Waals surface area contributed by atoms with Gasteiger partial charge in [-0.2, -0.15) is 5.10 Å². The van der Waals surface area contributed by atoms with E-state index < -0.39 is 0 Å². The molecule has 0 unspecified atom stereocenters. The maximum Gasteiger partial charge on any atom is 0.272 e. The molecule has 0 aromatic carbocycles. The second kappa shape index (κ2) is 7.56. The number of amides is 1. The molecule has 1 amide bonds. The molecule has 2 heterocycles. The van der Waals surface area contributed by atoms with Gasteiger partial charge in [0, 0.05) is 39.3 Å². The summed E-state index contributed by atoms with van der Waals surface area (Å²) in [5, 5.41) is 4.47. The van der Waals surface area contributed by atoms with Crippen molar-refractivity contribution >= 4 is 5.91 Å².